The van der Waals surface area contributed by atoms with Crippen LogP contribution < -0.4 is 16.5 Å². The molecule has 88 valence electrons. The first-order valence-electron chi connectivity index (χ1n) is 4.89. The first-order chi connectivity index (χ1) is 6.95. The Hall–Kier alpha value is -1.30. The first kappa shape index (κ1) is 13.7. The largest absolute Gasteiger partial charge is 0.444 e. The maximum absolute atomic E-state index is 11.1. The highest BCUT2D eigenvalue weighted by Crippen LogP contribution is 2.05. The Bertz CT molecular complexity index is 211. The number of nitrogens with two attached hydrogens (primary N) is 1. The zero-order valence-electron chi connectivity index (χ0n) is 9.54. The fourth-order valence-corrected chi connectivity index (χ4v) is 0.684. The van der Waals surface area contributed by atoms with Crippen molar-refractivity contribution < 1.29 is 9.53 Å². The second kappa shape index (κ2) is 7.05. The van der Waals surface area contributed by atoms with Gasteiger partial charge in [-0.05, 0) is 33.7 Å². The summed E-state index contributed by atoms with van der Waals surface area (Å²) in [6, 6.07) is 0. The van der Waals surface area contributed by atoms with E-state index in [-0.39, 0.29) is 0 Å². The van der Waals surface area contributed by atoms with Gasteiger partial charge in [0.2, 0.25) is 0 Å². The van der Waals surface area contributed by atoms with Gasteiger partial charge in [0, 0.05) is 6.54 Å². The predicted octanol–water partition coefficient (Wildman–Crippen LogP) is 0.393. The Labute approximate surface area is 90.2 Å². The minimum Gasteiger partial charge on any atom is -0.444 e. The molecule has 0 radical (unpaired) electrons. The fourth-order valence-electron chi connectivity index (χ4n) is 0.684. The first-order valence-corrected chi connectivity index (χ1v) is 4.89. The molecule has 0 unspecified atom stereocenters. The van der Waals surface area contributed by atoms with Crippen LogP contribution in [0, 0.1) is 0 Å². The Kier molecular flexibility index (Phi) is 6.44. The Morgan fingerprint density at radius 3 is 2.73 bits per heavy atom. The molecule has 15 heavy (non-hydrogen) atoms. The summed E-state index contributed by atoms with van der Waals surface area (Å²) >= 11 is 0. The number of alkyl carbamates (subject to hydrolysis) is 1. The molecule has 0 spiro atoms. The van der Waals surface area contributed by atoms with Crippen molar-refractivity contribution in [3.8, 4) is 0 Å². The van der Waals surface area contributed by atoms with Crippen LogP contribution in [0.2, 0.25) is 0 Å². The molecule has 6 heteroatoms. The standard InChI is InChI=1S/C9H20N4O2/c1-9(2,3)15-8(14)11-7-13-12-6-4-5-10/h7,12H,4-6,10H2,1-3H3,(H,11,13,14). The molecule has 1 amide bonds. The zero-order chi connectivity index (χ0) is 11.7. The molecular weight excluding hydrogens is 196 g/mol. The summed E-state index contributed by atoms with van der Waals surface area (Å²) in [5.74, 6) is 0. The normalized spacial score (nSPS) is 11.5. The molecule has 0 fully saturated rings. The molecule has 0 aromatic heterocycles. The molecule has 0 atom stereocenters. The summed E-state index contributed by atoms with van der Waals surface area (Å²) in [4.78, 5) is 11.1. The third kappa shape index (κ3) is 10.6. The van der Waals surface area contributed by atoms with Crippen molar-refractivity contribution in [2.24, 2.45) is 10.8 Å². The van der Waals surface area contributed by atoms with Gasteiger partial charge in [-0.3, -0.25) is 5.32 Å². The van der Waals surface area contributed by atoms with Gasteiger partial charge in [-0.1, -0.05) is 0 Å². The lowest BCUT2D eigenvalue weighted by molar-refractivity contribution is 0.0565. The molecule has 6 nitrogen and oxygen atoms in total. The Balaban J connectivity index is 3.54. The lowest BCUT2D eigenvalue weighted by Crippen LogP contribution is -2.32. The van der Waals surface area contributed by atoms with E-state index >= 15 is 0 Å². The lowest BCUT2D eigenvalue weighted by atomic mass is 10.2. The van der Waals surface area contributed by atoms with Gasteiger partial charge in [0.25, 0.3) is 0 Å². The van der Waals surface area contributed by atoms with Crippen molar-refractivity contribution in [1.29, 1.82) is 0 Å². The van der Waals surface area contributed by atoms with Crippen LogP contribution >= 0.6 is 0 Å². The number of carbonyl (C=O) groups excluding carboxylic acids is 1. The van der Waals surface area contributed by atoms with Crippen molar-refractivity contribution in [3.63, 3.8) is 0 Å². The number of hydrogen-bond acceptors (Lipinski definition) is 5. The lowest BCUT2D eigenvalue weighted by Gasteiger charge is -2.18. The van der Waals surface area contributed by atoms with Crippen LogP contribution in [0.15, 0.2) is 5.10 Å². The molecule has 0 aliphatic rings. The van der Waals surface area contributed by atoms with Crippen LogP contribution in [0.5, 0.6) is 0 Å². The number of carbonyl (C=O) groups is 1. The molecule has 4 N–H and O–H groups in total. The van der Waals surface area contributed by atoms with Crippen LogP contribution in [0.3, 0.4) is 0 Å². The molecule has 0 aliphatic heterocycles. The van der Waals surface area contributed by atoms with Crippen molar-refractivity contribution in [2.45, 2.75) is 32.8 Å². The fraction of sp³-hybridized carbons (Fsp3) is 0.778. The molecule has 0 bridgehead atoms. The highest BCUT2D eigenvalue weighted by Gasteiger charge is 2.14. The Morgan fingerprint density at radius 1 is 1.53 bits per heavy atom. The van der Waals surface area contributed by atoms with Crippen molar-refractivity contribution in [2.75, 3.05) is 13.1 Å². The van der Waals surface area contributed by atoms with Gasteiger partial charge < -0.3 is 15.9 Å². The molecule has 0 aliphatic carbocycles. The highest BCUT2D eigenvalue weighted by molar-refractivity contribution is 5.82. The minimum absolute atomic E-state index is 0.495. The summed E-state index contributed by atoms with van der Waals surface area (Å²) in [6.45, 7) is 6.68. The van der Waals surface area contributed by atoms with Gasteiger partial charge in [-0.2, -0.15) is 5.10 Å². The number of nitrogens with zero attached hydrogens (tertiary/aromatic N) is 1. The van der Waals surface area contributed by atoms with E-state index in [1.165, 1.54) is 6.34 Å². The molecule has 0 heterocycles. The van der Waals surface area contributed by atoms with Crippen LogP contribution in [-0.4, -0.2) is 31.1 Å². The maximum atomic E-state index is 11.1. The smallest absolute Gasteiger partial charge is 0.412 e. The number of hydrazone groups is 1. The predicted molar refractivity (Wildman–Crippen MR) is 59.5 cm³/mol. The van der Waals surface area contributed by atoms with E-state index in [0.29, 0.717) is 13.1 Å². The van der Waals surface area contributed by atoms with E-state index in [9.17, 15) is 4.79 Å². The summed E-state index contributed by atoms with van der Waals surface area (Å²) in [5, 5.41) is 6.11. The van der Waals surface area contributed by atoms with Crippen LogP contribution in [-0.2, 0) is 4.74 Å². The quantitative estimate of drug-likeness (QED) is 0.268. The monoisotopic (exact) mass is 216 g/mol. The molecule has 0 saturated carbocycles. The van der Waals surface area contributed by atoms with Crippen molar-refractivity contribution >= 4 is 12.4 Å². The number of ether oxygens (including phenoxy) is 1. The van der Waals surface area contributed by atoms with Gasteiger partial charge in [0.15, 0.2) is 0 Å². The number of amides is 1. The maximum Gasteiger partial charge on any atom is 0.412 e. The number of nitrogens with one attached hydrogen (secondary N) is 2. The summed E-state index contributed by atoms with van der Waals surface area (Å²) < 4.78 is 4.98. The molecule has 0 aromatic rings. The van der Waals surface area contributed by atoms with E-state index in [1.807, 2.05) is 0 Å². The average molecular weight is 216 g/mol. The number of hydrogen-bond donors (Lipinski definition) is 3. The topological polar surface area (TPSA) is 88.7 Å². The van der Waals surface area contributed by atoms with Crippen molar-refractivity contribution in [1.82, 2.24) is 10.7 Å². The van der Waals surface area contributed by atoms with Crippen molar-refractivity contribution in [3.05, 3.63) is 0 Å². The van der Waals surface area contributed by atoms with Gasteiger partial charge >= 0.3 is 6.09 Å². The van der Waals surface area contributed by atoms with Gasteiger partial charge in [0.05, 0.1) is 0 Å². The van der Waals surface area contributed by atoms with E-state index in [1.54, 1.807) is 20.8 Å². The second-order valence-electron chi connectivity index (χ2n) is 3.95. The van der Waals surface area contributed by atoms with E-state index in [2.05, 4.69) is 15.8 Å². The molecular formula is C9H20N4O2. The van der Waals surface area contributed by atoms with Crippen LogP contribution in [0.1, 0.15) is 27.2 Å². The van der Waals surface area contributed by atoms with Gasteiger partial charge in [-0.15, -0.1) is 0 Å². The third-order valence-electron chi connectivity index (χ3n) is 1.23. The van der Waals surface area contributed by atoms with Crippen LogP contribution in [0.25, 0.3) is 0 Å². The highest BCUT2D eigenvalue weighted by atomic mass is 16.6. The van der Waals surface area contributed by atoms with E-state index in [0.717, 1.165) is 6.42 Å². The molecule has 0 rings (SSSR count). The zero-order valence-corrected chi connectivity index (χ0v) is 9.54. The van der Waals surface area contributed by atoms with Gasteiger partial charge in [0.1, 0.15) is 11.9 Å². The second-order valence-corrected chi connectivity index (χ2v) is 3.95. The average Bonchev–Trinajstić information content (AvgIpc) is 2.08. The Morgan fingerprint density at radius 2 is 2.20 bits per heavy atom. The summed E-state index contributed by atoms with van der Waals surface area (Å²) in [7, 11) is 0. The summed E-state index contributed by atoms with van der Waals surface area (Å²) in [5.41, 5.74) is 7.51. The molecule has 0 saturated heterocycles. The minimum atomic E-state index is -0.521. The molecule has 0 aromatic carbocycles. The number of rotatable bonds is 5. The summed E-state index contributed by atoms with van der Waals surface area (Å²) in [6.07, 6.45) is 1.57. The van der Waals surface area contributed by atoms with Gasteiger partial charge in [-0.25, -0.2) is 4.79 Å². The SMILES string of the molecule is CC(C)(C)OC(=O)NC=NNCCCN. The van der Waals surface area contributed by atoms with E-state index < -0.39 is 11.7 Å². The third-order valence-corrected chi connectivity index (χ3v) is 1.23. The van der Waals surface area contributed by atoms with E-state index in [4.69, 9.17) is 10.5 Å². The van der Waals surface area contributed by atoms with Crippen LogP contribution in [0.4, 0.5) is 4.79 Å².